The zero-order valence-electron chi connectivity index (χ0n) is 12.9. The molecule has 0 bridgehead atoms. The molecule has 0 aliphatic rings. The molecule has 0 fully saturated rings. The van der Waals surface area contributed by atoms with Crippen molar-refractivity contribution >= 4 is 11.9 Å². The van der Waals surface area contributed by atoms with Gasteiger partial charge in [0, 0.05) is 32.9 Å². The predicted octanol–water partition coefficient (Wildman–Crippen LogP) is 1.00. The van der Waals surface area contributed by atoms with Crippen LogP contribution in [0.2, 0.25) is 0 Å². The van der Waals surface area contributed by atoms with Gasteiger partial charge < -0.3 is 15.1 Å². The van der Waals surface area contributed by atoms with Crippen LogP contribution in [0.5, 0.6) is 0 Å². The van der Waals surface area contributed by atoms with Gasteiger partial charge in [-0.3, -0.25) is 4.79 Å². The molecule has 0 aliphatic heterocycles. The number of hydrogen-bond acceptors (Lipinski definition) is 5. The van der Waals surface area contributed by atoms with E-state index in [0.29, 0.717) is 18.2 Å². The van der Waals surface area contributed by atoms with E-state index in [1.165, 1.54) is 0 Å². The number of hydrogen-bond donors (Lipinski definition) is 1. The van der Waals surface area contributed by atoms with Gasteiger partial charge in [-0.1, -0.05) is 13.3 Å². The van der Waals surface area contributed by atoms with Crippen LogP contribution in [-0.2, 0) is 0 Å². The van der Waals surface area contributed by atoms with Crippen molar-refractivity contribution in [2.24, 2.45) is 0 Å². The number of aromatic nitrogens is 2. The number of amides is 1. The summed E-state index contributed by atoms with van der Waals surface area (Å²) in [5.41, 5.74) is 0.414. The molecule has 0 radical (unpaired) electrons. The summed E-state index contributed by atoms with van der Waals surface area (Å²) in [6, 6.07) is 1.64. The fraction of sp³-hybridized carbons (Fsp3) is 0.643. The second-order valence-corrected chi connectivity index (χ2v) is 5.08. The molecule has 1 amide bonds. The number of rotatable bonds is 8. The largest absolute Gasteiger partial charge is 0.349 e. The maximum Gasteiger partial charge on any atom is 0.270 e. The van der Waals surface area contributed by atoms with E-state index in [1.54, 1.807) is 12.3 Å². The van der Waals surface area contributed by atoms with E-state index in [9.17, 15) is 4.79 Å². The average Bonchev–Trinajstić information content (AvgIpc) is 2.44. The third-order valence-electron chi connectivity index (χ3n) is 2.91. The highest BCUT2D eigenvalue weighted by Crippen LogP contribution is 2.06. The number of likely N-dealkylation sites (N-methyl/N-ethyl adjacent to an activating group) is 1. The first-order chi connectivity index (χ1) is 9.54. The molecule has 1 aromatic rings. The van der Waals surface area contributed by atoms with E-state index >= 15 is 0 Å². The van der Waals surface area contributed by atoms with E-state index in [2.05, 4.69) is 22.2 Å². The Hall–Kier alpha value is -1.69. The lowest BCUT2D eigenvalue weighted by molar-refractivity contribution is 0.0946. The van der Waals surface area contributed by atoms with Gasteiger partial charge in [0.1, 0.15) is 5.69 Å². The molecule has 0 saturated heterocycles. The summed E-state index contributed by atoms with van der Waals surface area (Å²) in [4.78, 5) is 24.5. The van der Waals surface area contributed by atoms with Crippen LogP contribution in [0, 0.1) is 0 Å². The Kier molecular flexibility index (Phi) is 6.93. The molecule has 1 N–H and O–H groups in total. The van der Waals surface area contributed by atoms with Gasteiger partial charge in [0.15, 0.2) is 0 Å². The number of nitrogens with one attached hydrogen (secondary N) is 1. The molecule has 0 unspecified atom stereocenters. The number of unbranched alkanes of at least 4 members (excludes halogenated alkanes) is 1. The van der Waals surface area contributed by atoms with Crippen LogP contribution in [0.3, 0.4) is 0 Å². The summed E-state index contributed by atoms with van der Waals surface area (Å²) in [6.45, 7) is 4.45. The smallest absolute Gasteiger partial charge is 0.270 e. The summed E-state index contributed by atoms with van der Waals surface area (Å²) in [5.74, 6) is 0.443. The van der Waals surface area contributed by atoms with Crippen LogP contribution in [-0.4, -0.2) is 61.6 Å². The topological polar surface area (TPSA) is 61.4 Å². The van der Waals surface area contributed by atoms with E-state index in [0.717, 1.165) is 25.9 Å². The zero-order valence-corrected chi connectivity index (χ0v) is 12.9. The van der Waals surface area contributed by atoms with Crippen molar-refractivity contribution in [2.75, 3.05) is 45.7 Å². The lowest BCUT2D eigenvalue weighted by atomic mass is 10.3. The first kappa shape index (κ1) is 16.4. The van der Waals surface area contributed by atoms with Crippen LogP contribution in [0.15, 0.2) is 12.3 Å². The predicted molar refractivity (Wildman–Crippen MR) is 81.1 cm³/mol. The number of nitrogens with zero attached hydrogens (tertiary/aromatic N) is 4. The summed E-state index contributed by atoms with van der Waals surface area (Å²) < 4.78 is 0. The normalized spacial score (nSPS) is 10.7. The minimum Gasteiger partial charge on any atom is -0.349 e. The van der Waals surface area contributed by atoms with Gasteiger partial charge in [-0.2, -0.15) is 0 Å². The van der Waals surface area contributed by atoms with Gasteiger partial charge in [-0.15, -0.1) is 0 Å². The summed E-state index contributed by atoms with van der Waals surface area (Å²) in [6.07, 6.45) is 3.83. The van der Waals surface area contributed by atoms with Gasteiger partial charge in [-0.05, 0) is 26.6 Å². The third-order valence-corrected chi connectivity index (χ3v) is 2.91. The maximum atomic E-state index is 12.0. The van der Waals surface area contributed by atoms with Crippen LogP contribution < -0.4 is 10.2 Å². The average molecular weight is 279 g/mol. The molecule has 0 atom stereocenters. The molecule has 0 saturated carbocycles. The van der Waals surface area contributed by atoms with Gasteiger partial charge in [0.25, 0.3) is 5.91 Å². The molecule has 0 aliphatic carbocycles. The number of carbonyl (C=O) groups excluding carboxylic acids is 1. The second-order valence-electron chi connectivity index (χ2n) is 5.08. The molecule has 20 heavy (non-hydrogen) atoms. The van der Waals surface area contributed by atoms with Crippen LogP contribution >= 0.6 is 0 Å². The van der Waals surface area contributed by atoms with Gasteiger partial charge in [-0.25, -0.2) is 9.97 Å². The minimum atomic E-state index is -0.153. The highest BCUT2D eigenvalue weighted by molar-refractivity contribution is 5.92. The number of carbonyl (C=O) groups is 1. The fourth-order valence-electron chi connectivity index (χ4n) is 1.64. The quantitative estimate of drug-likeness (QED) is 0.769. The van der Waals surface area contributed by atoms with Crippen molar-refractivity contribution in [2.45, 2.75) is 19.8 Å². The lowest BCUT2D eigenvalue weighted by Gasteiger charge is -2.16. The standard InChI is InChI=1S/C14H25N5O/c1-5-6-10-19(4)14-16-8-7-12(17-14)13(20)15-9-11-18(2)3/h7-8H,5-6,9-11H2,1-4H3,(H,15,20). The summed E-state index contributed by atoms with van der Waals surface area (Å²) >= 11 is 0. The Balaban J connectivity index is 2.60. The molecule has 1 heterocycles. The molecule has 6 nitrogen and oxygen atoms in total. The molecule has 1 rings (SSSR count). The Bertz CT molecular complexity index is 422. The summed E-state index contributed by atoms with van der Waals surface area (Å²) in [5, 5.41) is 2.85. The highest BCUT2D eigenvalue weighted by Gasteiger charge is 2.10. The highest BCUT2D eigenvalue weighted by atomic mass is 16.1. The molecular weight excluding hydrogens is 254 g/mol. The maximum absolute atomic E-state index is 12.0. The van der Waals surface area contributed by atoms with Crippen molar-refractivity contribution < 1.29 is 4.79 Å². The van der Waals surface area contributed by atoms with E-state index in [-0.39, 0.29) is 5.91 Å². The molecule has 112 valence electrons. The van der Waals surface area contributed by atoms with Crippen LogP contribution in [0.4, 0.5) is 5.95 Å². The summed E-state index contributed by atoms with van der Waals surface area (Å²) in [7, 11) is 5.88. The molecule has 0 aromatic carbocycles. The Morgan fingerprint density at radius 2 is 2.05 bits per heavy atom. The van der Waals surface area contributed by atoms with Crippen molar-refractivity contribution in [3.63, 3.8) is 0 Å². The molecule has 6 heteroatoms. The Morgan fingerprint density at radius 3 is 2.70 bits per heavy atom. The molecule has 1 aromatic heterocycles. The lowest BCUT2D eigenvalue weighted by Crippen LogP contribution is -2.32. The molecule has 0 spiro atoms. The third kappa shape index (κ3) is 5.52. The van der Waals surface area contributed by atoms with Crippen LogP contribution in [0.1, 0.15) is 30.3 Å². The van der Waals surface area contributed by atoms with E-state index in [4.69, 9.17) is 0 Å². The SMILES string of the molecule is CCCCN(C)c1nccc(C(=O)NCCN(C)C)n1. The second kappa shape index (κ2) is 8.47. The monoisotopic (exact) mass is 279 g/mol. The van der Waals surface area contributed by atoms with E-state index < -0.39 is 0 Å². The van der Waals surface area contributed by atoms with Gasteiger partial charge in [0.05, 0.1) is 0 Å². The van der Waals surface area contributed by atoms with Crippen molar-refractivity contribution in [1.29, 1.82) is 0 Å². The Morgan fingerprint density at radius 1 is 1.30 bits per heavy atom. The Labute approximate surface area is 121 Å². The minimum absolute atomic E-state index is 0.153. The number of anilines is 1. The van der Waals surface area contributed by atoms with Crippen molar-refractivity contribution in [3.8, 4) is 0 Å². The first-order valence-electron chi connectivity index (χ1n) is 7.01. The van der Waals surface area contributed by atoms with Gasteiger partial charge in [0.2, 0.25) is 5.95 Å². The van der Waals surface area contributed by atoms with Crippen molar-refractivity contribution in [3.05, 3.63) is 18.0 Å². The van der Waals surface area contributed by atoms with Crippen LogP contribution in [0.25, 0.3) is 0 Å². The molecular formula is C14H25N5O. The van der Waals surface area contributed by atoms with Crippen molar-refractivity contribution in [1.82, 2.24) is 20.2 Å². The fourth-order valence-corrected chi connectivity index (χ4v) is 1.64. The van der Waals surface area contributed by atoms with E-state index in [1.807, 2.05) is 30.9 Å². The first-order valence-corrected chi connectivity index (χ1v) is 7.01. The van der Waals surface area contributed by atoms with Gasteiger partial charge >= 0.3 is 0 Å². The zero-order chi connectivity index (χ0) is 15.0.